The molecule has 11 aromatic rings. The number of hydrogen-bond acceptors (Lipinski definition) is 5. The molecule has 57 heavy (non-hydrogen) atoms. The fourth-order valence-electron chi connectivity index (χ4n) is 8.61. The lowest BCUT2D eigenvalue weighted by atomic mass is 9.97. The summed E-state index contributed by atoms with van der Waals surface area (Å²) in [5.41, 5.74) is 12.0. The Bertz CT molecular complexity index is 3390. The van der Waals surface area contributed by atoms with E-state index in [1.807, 2.05) is 48.5 Å². The molecule has 0 aliphatic carbocycles. The monoisotopic (exact) mass is 732 g/mol. The van der Waals surface area contributed by atoms with Crippen molar-refractivity contribution >= 4 is 77.4 Å². The minimum absolute atomic E-state index is 0.284. The number of amidine groups is 2. The van der Waals surface area contributed by atoms with Crippen LogP contribution in [0.2, 0.25) is 0 Å². The largest absolute Gasteiger partial charge is 0.456 e. The van der Waals surface area contributed by atoms with Crippen LogP contribution >= 0.6 is 0 Å². The Kier molecular flexibility index (Phi) is 6.89. The molecule has 0 bridgehead atoms. The number of aromatic nitrogens is 1. The number of aliphatic imine (C=N–C) groups is 2. The number of nitrogens with zero attached hydrogens (tertiary/aromatic N) is 3. The molecule has 268 valence electrons. The predicted molar refractivity (Wildman–Crippen MR) is 233 cm³/mol. The van der Waals surface area contributed by atoms with Gasteiger partial charge in [-0.05, 0) is 83.4 Å². The minimum Gasteiger partial charge on any atom is -0.456 e. The van der Waals surface area contributed by atoms with Crippen LogP contribution in [0.1, 0.15) is 22.9 Å². The Morgan fingerprint density at radius 1 is 0.456 bits per heavy atom. The van der Waals surface area contributed by atoms with Gasteiger partial charge in [-0.3, -0.25) is 0 Å². The molecule has 0 saturated heterocycles. The van der Waals surface area contributed by atoms with E-state index in [1.54, 1.807) is 0 Å². The highest BCUT2D eigenvalue weighted by molar-refractivity contribution is 6.18. The predicted octanol–water partition coefficient (Wildman–Crippen LogP) is 12.7. The van der Waals surface area contributed by atoms with Gasteiger partial charge >= 0.3 is 0 Å². The number of furan rings is 2. The topological polar surface area (TPSA) is 68.0 Å². The molecule has 1 unspecified atom stereocenters. The zero-order chi connectivity index (χ0) is 37.5. The summed E-state index contributed by atoms with van der Waals surface area (Å²) in [5, 5.41) is 10.2. The molecule has 3 aromatic heterocycles. The Hall–Kier alpha value is -7.70. The highest BCUT2D eigenvalue weighted by atomic mass is 16.3. The summed E-state index contributed by atoms with van der Waals surface area (Å²) in [4.78, 5) is 10.2. The molecule has 4 heterocycles. The molecule has 1 N–H and O–H groups in total. The van der Waals surface area contributed by atoms with E-state index >= 15 is 0 Å². The van der Waals surface area contributed by atoms with E-state index in [2.05, 4.69) is 143 Å². The summed E-state index contributed by atoms with van der Waals surface area (Å²) in [6, 6.07) is 63.3. The third kappa shape index (κ3) is 5.04. The van der Waals surface area contributed by atoms with Gasteiger partial charge in [0, 0.05) is 49.1 Å². The minimum atomic E-state index is -0.284. The molecule has 1 aliphatic heterocycles. The molecule has 1 atom stereocenters. The summed E-state index contributed by atoms with van der Waals surface area (Å²) in [6.07, 6.45) is -0.284. The van der Waals surface area contributed by atoms with Crippen molar-refractivity contribution in [3.63, 3.8) is 0 Å². The van der Waals surface area contributed by atoms with E-state index in [0.29, 0.717) is 5.84 Å². The van der Waals surface area contributed by atoms with Gasteiger partial charge in [-0.2, -0.15) is 0 Å². The number of hydrogen-bond donors (Lipinski definition) is 1. The van der Waals surface area contributed by atoms with Crippen LogP contribution in [0.25, 0.3) is 82.5 Å². The lowest BCUT2D eigenvalue weighted by Crippen LogP contribution is -2.33. The third-order valence-corrected chi connectivity index (χ3v) is 11.3. The van der Waals surface area contributed by atoms with Crippen LogP contribution in [0, 0.1) is 0 Å². The standard InChI is InChI=1S/C51H32N4O2/c1-3-12-31(13-4-1)49-52-50(32-14-5-2-6-15-32)54-51(53-49)34-23-26-46-41(29-34)48-36(18-11-21-47(48)57-46)33-22-25-44-39(28-33)40-30-35(24-27-45(40)56-44)55-42-19-9-7-16-37(42)38-17-8-10-20-43(38)55/h1-30,49H,(H,52,53,54). The maximum absolute atomic E-state index is 6.50. The average Bonchev–Trinajstić information content (AvgIpc) is 3.95. The highest BCUT2D eigenvalue weighted by Crippen LogP contribution is 2.41. The van der Waals surface area contributed by atoms with Gasteiger partial charge in [0.05, 0.1) is 11.0 Å². The lowest BCUT2D eigenvalue weighted by molar-refractivity contribution is 0.668. The molecule has 8 aromatic carbocycles. The van der Waals surface area contributed by atoms with E-state index < -0.39 is 0 Å². The Morgan fingerprint density at radius 2 is 1.07 bits per heavy atom. The molecule has 0 fully saturated rings. The molecule has 0 amide bonds. The Labute approximate surface area is 326 Å². The van der Waals surface area contributed by atoms with Gasteiger partial charge in [0.2, 0.25) is 0 Å². The van der Waals surface area contributed by atoms with Crippen molar-refractivity contribution in [2.24, 2.45) is 9.98 Å². The molecule has 1 aliphatic rings. The van der Waals surface area contributed by atoms with Gasteiger partial charge < -0.3 is 18.7 Å². The van der Waals surface area contributed by atoms with Crippen molar-refractivity contribution in [2.75, 3.05) is 0 Å². The van der Waals surface area contributed by atoms with Gasteiger partial charge in [-0.25, -0.2) is 9.98 Å². The first-order valence-corrected chi connectivity index (χ1v) is 19.2. The number of para-hydroxylation sites is 2. The zero-order valence-electron chi connectivity index (χ0n) is 30.6. The van der Waals surface area contributed by atoms with Crippen molar-refractivity contribution in [2.45, 2.75) is 6.17 Å². The molecular weight excluding hydrogens is 701 g/mol. The summed E-state index contributed by atoms with van der Waals surface area (Å²) in [7, 11) is 0. The summed E-state index contributed by atoms with van der Waals surface area (Å²) < 4.78 is 15.3. The average molecular weight is 733 g/mol. The maximum Gasteiger partial charge on any atom is 0.159 e. The SMILES string of the molecule is c1ccc(C2=NC(c3ccc4oc5cccc(-c6ccc7oc8ccc(-n9c%10ccccc%10c%10ccccc%109)cc8c7c6)c5c4c3)=NC(c3ccccc3)N2)cc1. The maximum atomic E-state index is 6.50. The van der Waals surface area contributed by atoms with Gasteiger partial charge in [-0.15, -0.1) is 0 Å². The van der Waals surface area contributed by atoms with Crippen LogP contribution < -0.4 is 5.32 Å². The van der Waals surface area contributed by atoms with Crippen LogP contribution in [-0.2, 0) is 0 Å². The lowest BCUT2D eigenvalue weighted by Gasteiger charge is -2.23. The van der Waals surface area contributed by atoms with Crippen LogP contribution in [0.15, 0.2) is 201 Å². The number of benzene rings is 8. The van der Waals surface area contributed by atoms with E-state index in [-0.39, 0.29) is 6.17 Å². The van der Waals surface area contributed by atoms with Crippen molar-refractivity contribution in [3.05, 3.63) is 199 Å². The fraction of sp³-hybridized carbons (Fsp3) is 0.0196. The second-order valence-electron chi connectivity index (χ2n) is 14.6. The smallest absolute Gasteiger partial charge is 0.159 e. The summed E-state index contributed by atoms with van der Waals surface area (Å²) >= 11 is 0. The number of nitrogens with one attached hydrogen (secondary N) is 1. The molecule has 6 nitrogen and oxygen atoms in total. The fourth-order valence-corrected chi connectivity index (χ4v) is 8.61. The van der Waals surface area contributed by atoms with Crippen molar-refractivity contribution in [1.82, 2.24) is 9.88 Å². The van der Waals surface area contributed by atoms with Crippen molar-refractivity contribution < 1.29 is 8.83 Å². The van der Waals surface area contributed by atoms with Crippen LogP contribution in [0.4, 0.5) is 0 Å². The van der Waals surface area contributed by atoms with E-state index in [1.165, 1.54) is 21.8 Å². The molecule has 0 saturated carbocycles. The third-order valence-electron chi connectivity index (χ3n) is 11.3. The first-order valence-electron chi connectivity index (χ1n) is 19.2. The first kappa shape index (κ1) is 31.6. The van der Waals surface area contributed by atoms with Crippen LogP contribution in [0.5, 0.6) is 0 Å². The molecular formula is C51H32N4O2. The molecule has 6 heteroatoms. The normalized spacial score (nSPS) is 14.5. The van der Waals surface area contributed by atoms with Crippen LogP contribution in [-0.4, -0.2) is 16.2 Å². The Balaban J connectivity index is 1.01. The summed E-state index contributed by atoms with van der Waals surface area (Å²) in [6.45, 7) is 0. The van der Waals surface area contributed by atoms with Gasteiger partial charge in [0.25, 0.3) is 0 Å². The van der Waals surface area contributed by atoms with Gasteiger partial charge in [0.1, 0.15) is 34.3 Å². The van der Waals surface area contributed by atoms with Crippen molar-refractivity contribution in [1.29, 1.82) is 0 Å². The zero-order valence-corrected chi connectivity index (χ0v) is 30.6. The summed E-state index contributed by atoms with van der Waals surface area (Å²) in [5.74, 6) is 1.45. The second-order valence-corrected chi connectivity index (χ2v) is 14.6. The van der Waals surface area contributed by atoms with E-state index in [0.717, 1.165) is 83.2 Å². The number of fused-ring (bicyclic) bond motifs is 9. The van der Waals surface area contributed by atoms with Crippen molar-refractivity contribution in [3.8, 4) is 16.8 Å². The molecule has 0 spiro atoms. The van der Waals surface area contributed by atoms with Gasteiger partial charge in [-0.1, -0.05) is 115 Å². The molecule has 12 rings (SSSR count). The number of rotatable bonds is 5. The second kappa shape index (κ2) is 12.4. The van der Waals surface area contributed by atoms with E-state index in [4.69, 9.17) is 18.8 Å². The van der Waals surface area contributed by atoms with Gasteiger partial charge in [0.15, 0.2) is 5.84 Å². The molecule has 0 radical (unpaired) electrons. The quantitative estimate of drug-likeness (QED) is 0.192. The highest BCUT2D eigenvalue weighted by Gasteiger charge is 2.23. The Morgan fingerprint density at radius 3 is 1.84 bits per heavy atom. The van der Waals surface area contributed by atoms with Crippen LogP contribution in [0.3, 0.4) is 0 Å². The van der Waals surface area contributed by atoms with E-state index in [9.17, 15) is 0 Å². The first-order chi connectivity index (χ1) is 28.2.